The van der Waals surface area contributed by atoms with Gasteiger partial charge in [-0.05, 0) is 30.7 Å². The molecular formula is C20H18FN5O. The van der Waals surface area contributed by atoms with E-state index < -0.39 is 5.82 Å². The maximum atomic E-state index is 14.9. The summed E-state index contributed by atoms with van der Waals surface area (Å²) in [6.07, 6.45) is 2.26. The third-order valence-corrected chi connectivity index (χ3v) is 4.17. The molecule has 0 aliphatic carbocycles. The lowest BCUT2D eigenvalue weighted by Gasteiger charge is -2.07. The zero-order valence-corrected chi connectivity index (χ0v) is 14.8. The zero-order valence-electron chi connectivity index (χ0n) is 14.8. The number of nitrogens with zero attached hydrogens (tertiary/aromatic N) is 4. The predicted octanol–water partition coefficient (Wildman–Crippen LogP) is 4.42. The van der Waals surface area contributed by atoms with Crippen LogP contribution in [0.25, 0.3) is 22.3 Å². The molecule has 4 rings (SSSR count). The van der Waals surface area contributed by atoms with Crippen LogP contribution in [0.5, 0.6) is 11.5 Å². The number of hydrogen-bond acceptors (Lipinski definition) is 5. The number of benzene rings is 2. The Morgan fingerprint density at radius 1 is 1.07 bits per heavy atom. The SMILES string of the molecule is CCCn1nc(-c2ccc(Oc3ccccc3)cc2F)c2c(N)ncnc21. The minimum atomic E-state index is -0.449. The second-order valence-electron chi connectivity index (χ2n) is 6.09. The molecule has 136 valence electrons. The summed E-state index contributed by atoms with van der Waals surface area (Å²) >= 11 is 0. The van der Waals surface area contributed by atoms with E-state index in [0.29, 0.717) is 40.3 Å². The van der Waals surface area contributed by atoms with E-state index in [9.17, 15) is 4.39 Å². The third kappa shape index (κ3) is 3.19. The molecule has 0 unspecified atom stereocenters. The Morgan fingerprint density at radius 2 is 1.89 bits per heavy atom. The molecular weight excluding hydrogens is 345 g/mol. The van der Waals surface area contributed by atoms with Crippen LogP contribution in [0.3, 0.4) is 0 Å². The topological polar surface area (TPSA) is 78.9 Å². The minimum Gasteiger partial charge on any atom is -0.457 e. The van der Waals surface area contributed by atoms with E-state index in [1.165, 1.54) is 12.4 Å². The Morgan fingerprint density at radius 3 is 2.63 bits per heavy atom. The summed E-state index contributed by atoms with van der Waals surface area (Å²) in [6.45, 7) is 2.69. The van der Waals surface area contributed by atoms with Gasteiger partial charge in [-0.25, -0.2) is 19.0 Å². The van der Waals surface area contributed by atoms with E-state index in [0.717, 1.165) is 6.42 Å². The molecule has 4 aromatic rings. The lowest BCUT2D eigenvalue weighted by atomic mass is 10.1. The van der Waals surface area contributed by atoms with E-state index in [4.69, 9.17) is 10.5 Å². The summed E-state index contributed by atoms with van der Waals surface area (Å²) in [4.78, 5) is 8.31. The number of fused-ring (bicyclic) bond motifs is 1. The maximum Gasteiger partial charge on any atom is 0.163 e. The van der Waals surface area contributed by atoms with Crippen LogP contribution in [-0.4, -0.2) is 19.7 Å². The van der Waals surface area contributed by atoms with Crippen molar-refractivity contribution < 1.29 is 9.13 Å². The van der Waals surface area contributed by atoms with Gasteiger partial charge >= 0.3 is 0 Å². The van der Waals surface area contributed by atoms with Gasteiger partial charge in [-0.2, -0.15) is 5.10 Å². The number of ether oxygens (including phenoxy) is 1. The second kappa shape index (κ2) is 7.03. The van der Waals surface area contributed by atoms with Gasteiger partial charge in [-0.1, -0.05) is 25.1 Å². The van der Waals surface area contributed by atoms with E-state index in [2.05, 4.69) is 15.1 Å². The summed E-state index contributed by atoms with van der Waals surface area (Å²) in [5, 5.41) is 5.09. The fourth-order valence-electron chi connectivity index (χ4n) is 2.96. The number of nitrogen functional groups attached to an aromatic ring is 1. The Balaban J connectivity index is 1.78. The Kier molecular flexibility index (Phi) is 4.42. The average Bonchev–Trinajstić information content (AvgIpc) is 3.03. The molecule has 7 heteroatoms. The highest BCUT2D eigenvalue weighted by Crippen LogP contribution is 2.34. The van der Waals surface area contributed by atoms with Crippen LogP contribution in [0, 0.1) is 5.82 Å². The van der Waals surface area contributed by atoms with Crippen molar-refractivity contribution in [3.05, 3.63) is 60.7 Å². The number of para-hydroxylation sites is 1. The molecule has 0 saturated heterocycles. The van der Waals surface area contributed by atoms with Crippen LogP contribution < -0.4 is 10.5 Å². The molecule has 2 aromatic carbocycles. The van der Waals surface area contributed by atoms with Crippen molar-refractivity contribution in [3.8, 4) is 22.8 Å². The van der Waals surface area contributed by atoms with Crippen LogP contribution in [-0.2, 0) is 6.54 Å². The highest BCUT2D eigenvalue weighted by molar-refractivity contribution is 5.98. The second-order valence-corrected chi connectivity index (χ2v) is 6.09. The van der Waals surface area contributed by atoms with Crippen LogP contribution in [0.4, 0.5) is 10.2 Å². The van der Waals surface area contributed by atoms with E-state index in [-0.39, 0.29) is 5.82 Å². The largest absolute Gasteiger partial charge is 0.457 e. The Bertz CT molecular complexity index is 1090. The molecule has 2 heterocycles. The normalized spacial score (nSPS) is 11.0. The molecule has 0 aliphatic rings. The standard InChI is InChI=1S/C20H18FN5O/c1-2-10-26-20-17(19(22)23-12-24-20)18(25-26)15-9-8-14(11-16(15)21)27-13-6-4-3-5-7-13/h3-9,11-12H,2,10H2,1H3,(H2,22,23,24). The molecule has 27 heavy (non-hydrogen) atoms. The summed E-state index contributed by atoms with van der Waals surface area (Å²) in [5.74, 6) is 0.875. The number of nitrogens with two attached hydrogens (primary N) is 1. The van der Waals surface area contributed by atoms with Gasteiger partial charge in [0.1, 0.15) is 35.2 Å². The van der Waals surface area contributed by atoms with Crippen molar-refractivity contribution >= 4 is 16.9 Å². The van der Waals surface area contributed by atoms with Gasteiger partial charge in [0, 0.05) is 18.2 Å². The van der Waals surface area contributed by atoms with Crippen LogP contribution in [0.2, 0.25) is 0 Å². The molecule has 0 saturated carbocycles. The zero-order chi connectivity index (χ0) is 18.8. The van der Waals surface area contributed by atoms with Crippen LogP contribution in [0.15, 0.2) is 54.9 Å². The van der Waals surface area contributed by atoms with Gasteiger partial charge in [0.2, 0.25) is 0 Å². The summed E-state index contributed by atoms with van der Waals surface area (Å²) in [6, 6.07) is 13.9. The number of anilines is 1. The van der Waals surface area contributed by atoms with Gasteiger partial charge in [0.25, 0.3) is 0 Å². The highest BCUT2D eigenvalue weighted by Gasteiger charge is 2.19. The average molecular weight is 363 g/mol. The molecule has 0 bridgehead atoms. The number of aromatic nitrogens is 4. The number of hydrogen-bond donors (Lipinski definition) is 1. The first-order valence-electron chi connectivity index (χ1n) is 8.67. The molecule has 6 nitrogen and oxygen atoms in total. The highest BCUT2D eigenvalue weighted by atomic mass is 19.1. The molecule has 2 aromatic heterocycles. The van der Waals surface area contributed by atoms with Crippen molar-refractivity contribution in [2.45, 2.75) is 19.9 Å². The first-order chi connectivity index (χ1) is 13.2. The molecule has 0 fully saturated rings. The third-order valence-electron chi connectivity index (χ3n) is 4.17. The molecule has 0 aliphatic heterocycles. The lowest BCUT2D eigenvalue weighted by Crippen LogP contribution is -2.00. The van der Waals surface area contributed by atoms with Gasteiger partial charge in [0.15, 0.2) is 5.65 Å². The van der Waals surface area contributed by atoms with Crippen molar-refractivity contribution in [3.63, 3.8) is 0 Å². The number of aryl methyl sites for hydroxylation is 1. The van der Waals surface area contributed by atoms with Gasteiger partial charge in [0.05, 0.1) is 5.39 Å². The number of rotatable bonds is 5. The van der Waals surface area contributed by atoms with Crippen molar-refractivity contribution in [1.29, 1.82) is 0 Å². The quantitative estimate of drug-likeness (QED) is 0.568. The Hall–Kier alpha value is -3.48. The van der Waals surface area contributed by atoms with E-state index in [1.54, 1.807) is 16.8 Å². The molecule has 0 spiro atoms. The molecule has 2 N–H and O–H groups in total. The fraction of sp³-hybridized carbons (Fsp3) is 0.150. The van der Waals surface area contributed by atoms with Crippen LogP contribution in [0.1, 0.15) is 13.3 Å². The molecule has 0 radical (unpaired) electrons. The Labute approximate surface area is 155 Å². The lowest BCUT2D eigenvalue weighted by molar-refractivity contribution is 0.477. The molecule has 0 amide bonds. The predicted molar refractivity (Wildman–Crippen MR) is 102 cm³/mol. The van der Waals surface area contributed by atoms with Gasteiger partial charge in [-0.3, -0.25) is 0 Å². The smallest absolute Gasteiger partial charge is 0.163 e. The molecule has 0 atom stereocenters. The summed E-state index contributed by atoms with van der Waals surface area (Å²) in [7, 11) is 0. The van der Waals surface area contributed by atoms with Gasteiger partial charge in [-0.15, -0.1) is 0 Å². The monoisotopic (exact) mass is 363 g/mol. The van der Waals surface area contributed by atoms with Crippen molar-refractivity contribution in [2.24, 2.45) is 0 Å². The van der Waals surface area contributed by atoms with Gasteiger partial charge < -0.3 is 10.5 Å². The van der Waals surface area contributed by atoms with Crippen LogP contribution >= 0.6 is 0 Å². The van der Waals surface area contributed by atoms with Crippen molar-refractivity contribution in [2.75, 3.05) is 5.73 Å². The number of halogens is 1. The first kappa shape index (κ1) is 17.0. The van der Waals surface area contributed by atoms with E-state index >= 15 is 0 Å². The maximum absolute atomic E-state index is 14.9. The summed E-state index contributed by atoms with van der Waals surface area (Å²) in [5.41, 5.74) is 7.40. The van der Waals surface area contributed by atoms with Crippen molar-refractivity contribution in [1.82, 2.24) is 19.7 Å². The summed E-state index contributed by atoms with van der Waals surface area (Å²) < 4.78 is 22.3. The minimum absolute atomic E-state index is 0.279. The fourth-order valence-corrected chi connectivity index (χ4v) is 2.96. The van der Waals surface area contributed by atoms with E-state index in [1.807, 2.05) is 37.3 Å². The first-order valence-corrected chi connectivity index (χ1v) is 8.67.